The van der Waals surface area contributed by atoms with Crippen LogP contribution >= 0.6 is 0 Å². The smallest absolute Gasteiger partial charge is 0.185 e. The van der Waals surface area contributed by atoms with Crippen molar-refractivity contribution in [1.29, 1.82) is 0 Å². The largest absolute Gasteiger partial charge is 0.506 e. The van der Waals surface area contributed by atoms with E-state index in [0.29, 0.717) is 66.5 Å². The first-order valence-electron chi connectivity index (χ1n) is 10.6. The lowest BCUT2D eigenvalue weighted by atomic mass is 10.1. The number of morpholine rings is 1. The number of rotatable bonds is 3. The fraction of sp³-hybridized carbons (Fsp3) is 0.476. The van der Waals surface area contributed by atoms with E-state index in [4.69, 9.17) is 19.4 Å². The fourth-order valence-electron chi connectivity index (χ4n) is 4.88. The van der Waals surface area contributed by atoms with Crippen LogP contribution in [0.4, 0.5) is 5.82 Å². The molecule has 0 bridgehead atoms. The molecule has 3 aliphatic rings. The fourth-order valence-corrected chi connectivity index (χ4v) is 6.21. The predicted octanol–water partition coefficient (Wildman–Crippen LogP) is 1.75. The number of anilines is 1. The van der Waals surface area contributed by atoms with Crippen molar-refractivity contribution in [3.05, 3.63) is 24.2 Å². The molecule has 0 amide bonds. The molecule has 2 atom stereocenters. The maximum atomic E-state index is 12.8. The molecule has 32 heavy (non-hydrogen) atoms. The Hall–Kier alpha value is -2.92. The zero-order chi connectivity index (χ0) is 22.3. The maximum Gasteiger partial charge on any atom is 0.185 e. The van der Waals surface area contributed by atoms with Crippen molar-refractivity contribution < 1.29 is 23.0 Å². The summed E-state index contributed by atoms with van der Waals surface area (Å²) in [4.78, 5) is 18.9. The first-order chi connectivity index (χ1) is 15.3. The van der Waals surface area contributed by atoms with Crippen LogP contribution in [0.25, 0.3) is 22.4 Å². The molecule has 1 aliphatic carbocycles. The van der Waals surface area contributed by atoms with E-state index in [9.17, 15) is 13.5 Å². The van der Waals surface area contributed by atoms with Gasteiger partial charge in [0, 0.05) is 17.8 Å². The van der Waals surface area contributed by atoms with Crippen molar-refractivity contribution in [3.8, 4) is 22.9 Å². The zero-order valence-corrected chi connectivity index (χ0v) is 18.5. The van der Waals surface area contributed by atoms with Gasteiger partial charge in [-0.3, -0.25) is 0 Å². The highest BCUT2D eigenvalue weighted by molar-refractivity contribution is 7.92. The zero-order valence-electron chi connectivity index (χ0n) is 17.7. The summed E-state index contributed by atoms with van der Waals surface area (Å²) in [6.45, 7) is 3.44. The van der Waals surface area contributed by atoms with Crippen LogP contribution in [0.1, 0.15) is 25.5 Å². The molecule has 6 rings (SSSR count). The number of fused-ring (bicyclic) bond motifs is 4. The van der Waals surface area contributed by atoms with E-state index in [1.54, 1.807) is 12.3 Å². The quantitative estimate of drug-likeness (QED) is 0.604. The van der Waals surface area contributed by atoms with Crippen molar-refractivity contribution >= 4 is 26.7 Å². The van der Waals surface area contributed by atoms with Crippen molar-refractivity contribution in [2.45, 2.75) is 36.6 Å². The molecular formula is C21H23N5O5S. The van der Waals surface area contributed by atoms with Gasteiger partial charge in [0.2, 0.25) is 0 Å². The molecule has 0 aromatic carbocycles. The summed E-state index contributed by atoms with van der Waals surface area (Å²) in [7, 11) is -3.46. The second-order valence-corrected chi connectivity index (χ2v) is 11.2. The molecule has 1 saturated carbocycles. The van der Waals surface area contributed by atoms with Crippen LogP contribution in [0.2, 0.25) is 0 Å². The van der Waals surface area contributed by atoms with Crippen molar-refractivity contribution in [3.63, 3.8) is 0 Å². The van der Waals surface area contributed by atoms with Crippen LogP contribution in [0.3, 0.4) is 0 Å². The summed E-state index contributed by atoms with van der Waals surface area (Å²) in [5.74, 6) is 1.14. The summed E-state index contributed by atoms with van der Waals surface area (Å²) in [5, 5.41) is 11.4. The van der Waals surface area contributed by atoms with E-state index >= 15 is 0 Å². The van der Waals surface area contributed by atoms with Crippen LogP contribution in [0.15, 0.2) is 18.5 Å². The second-order valence-electron chi connectivity index (χ2n) is 8.83. The number of aromatic hydroxyl groups is 1. The number of ether oxygens (including phenoxy) is 2. The average molecular weight is 458 g/mol. The minimum absolute atomic E-state index is 0.0266. The lowest BCUT2D eigenvalue weighted by Crippen LogP contribution is -2.56. The standard InChI is InChI=1S/C21H23N5O5S/c1-11-8-30-9-12-10-31-16-17(21(4-5-21)32(2,28)29)24-19(25-20(16)26(11)12)15-13-3-6-22-18(13)23-7-14(15)27/h3,6-7,11-12,27H,4-5,8-10H2,1-2H3,(H,22,23)/t11-,12+/m1/s1. The molecule has 168 valence electrons. The molecule has 3 aromatic heterocycles. The average Bonchev–Trinajstić information content (AvgIpc) is 3.45. The number of hydrogen-bond donors (Lipinski definition) is 2. The van der Waals surface area contributed by atoms with Crippen LogP contribution in [0, 0.1) is 0 Å². The van der Waals surface area contributed by atoms with Gasteiger partial charge in [-0.05, 0) is 25.8 Å². The molecule has 1 saturated heterocycles. The Balaban J connectivity index is 1.66. The van der Waals surface area contributed by atoms with E-state index < -0.39 is 14.6 Å². The first-order valence-corrected chi connectivity index (χ1v) is 12.5. The summed E-state index contributed by atoms with van der Waals surface area (Å²) in [6.07, 6.45) is 5.26. The number of aromatic nitrogens is 4. The Labute approximate surface area is 184 Å². The van der Waals surface area contributed by atoms with E-state index in [-0.39, 0.29) is 23.7 Å². The van der Waals surface area contributed by atoms with Gasteiger partial charge >= 0.3 is 0 Å². The van der Waals surface area contributed by atoms with E-state index in [0.717, 1.165) is 0 Å². The molecule has 0 radical (unpaired) electrons. The predicted molar refractivity (Wildman–Crippen MR) is 117 cm³/mol. The molecule has 5 heterocycles. The number of sulfone groups is 1. The molecule has 0 unspecified atom stereocenters. The Kier molecular flexibility index (Phi) is 4.04. The number of hydrogen-bond acceptors (Lipinski definition) is 9. The van der Waals surface area contributed by atoms with Crippen LogP contribution in [0.5, 0.6) is 11.5 Å². The molecule has 10 nitrogen and oxygen atoms in total. The van der Waals surface area contributed by atoms with Gasteiger partial charge in [-0.1, -0.05) is 0 Å². The Morgan fingerprint density at radius 3 is 2.81 bits per heavy atom. The SMILES string of the molecule is C[C@@H]1COC[C@H]2COc3c(nc(-c4c(O)cnc5[nH]ccc45)nc3C3(S(C)(=O)=O)CC3)N21. The Morgan fingerprint density at radius 2 is 2.06 bits per heavy atom. The molecule has 3 aromatic rings. The van der Waals surface area contributed by atoms with Gasteiger partial charge in [0.1, 0.15) is 28.4 Å². The van der Waals surface area contributed by atoms with Gasteiger partial charge in [0.25, 0.3) is 0 Å². The van der Waals surface area contributed by atoms with Gasteiger partial charge in [0.15, 0.2) is 27.2 Å². The van der Waals surface area contributed by atoms with Gasteiger partial charge in [0.05, 0.1) is 37.1 Å². The van der Waals surface area contributed by atoms with Crippen molar-refractivity contribution in [2.24, 2.45) is 0 Å². The Bertz CT molecular complexity index is 1350. The minimum atomic E-state index is -3.46. The highest BCUT2D eigenvalue weighted by Crippen LogP contribution is 2.57. The second kappa shape index (κ2) is 6.55. The van der Waals surface area contributed by atoms with E-state index in [1.165, 1.54) is 12.5 Å². The summed E-state index contributed by atoms with van der Waals surface area (Å²) < 4.78 is 36.3. The molecular weight excluding hydrogens is 434 g/mol. The number of H-pyrrole nitrogens is 1. The normalized spacial score (nSPS) is 24.0. The minimum Gasteiger partial charge on any atom is -0.506 e. The highest BCUT2D eigenvalue weighted by atomic mass is 32.2. The molecule has 11 heteroatoms. The van der Waals surface area contributed by atoms with Crippen LogP contribution in [-0.2, 0) is 19.3 Å². The molecule has 0 spiro atoms. The van der Waals surface area contributed by atoms with Gasteiger partial charge < -0.3 is 24.5 Å². The number of pyridine rings is 1. The van der Waals surface area contributed by atoms with Gasteiger partial charge in [-0.15, -0.1) is 0 Å². The van der Waals surface area contributed by atoms with Gasteiger partial charge in [-0.2, -0.15) is 0 Å². The lowest BCUT2D eigenvalue weighted by molar-refractivity contribution is 0.0483. The molecule has 2 aliphatic heterocycles. The van der Waals surface area contributed by atoms with Crippen molar-refractivity contribution in [1.82, 2.24) is 19.9 Å². The summed E-state index contributed by atoms with van der Waals surface area (Å²) >= 11 is 0. The van der Waals surface area contributed by atoms with Gasteiger partial charge in [-0.25, -0.2) is 23.4 Å². The lowest BCUT2D eigenvalue weighted by Gasteiger charge is -2.45. The monoisotopic (exact) mass is 457 g/mol. The van der Waals surface area contributed by atoms with E-state index in [1.807, 2.05) is 6.92 Å². The topological polar surface area (TPSA) is 131 Å². The van der Waals surface area contributed by atoms with Crippen LogP contribution in [-0.4, -0.2) is 71.6 Å². The third-order valence-electron chi connectivity index (χ3n) is 6.69. The highest BCUT2D eigenvalue weighted by Gasteiger charge is 2.58. The molecule has 2 N–H and O–H groups in total. The maximum absolute atomic E-state index is 12.8. The summed E-state index contributed by atoms with van der Waals surface area (Å²) in [5.41, 5.74) is 1.36. The number of nitrogens with one attached hydrogen (secondary N) is 1. The van der Waals surface area contributed by atoms with Crippen LogP contribution < -0.4 is 9.64 Å². The first kappa shape index (κ1) is 19.7. The Morgan fingerprint density at radius 1 is 1.25 bits per heavy atom. The third-order valence-corrected chi connectivity index (χ3v) is 8.71. The molecule has 2 fully saturated rings. The third kappa shape index (κ3) is 2.67. The van der Waals surface area contributed by atoms with E-state index in [2.05, 4.69) is 14.9 Å². The number of aromatic amines is 1. The van der Waals surface area contributed by atoms with Crippen molar-refractivity contribution in [2.75, 3.05) is 31.0 Å². The summed E-state index contributed by atoms with van der Waals surface area (Å²) in [6, 6.07) is 1.78. The number of nitrogens with zero attached hydrogens (tertiary/aromatic N) is 4.